The van der Waals surface area contributed by atoms with E-state index in [1.54, 1.807) is 0 Å². The zero-order valence-corrected chi connectivity index (χ0v) is 9.09. The fourth-order valence-corrected chi connectivity index (χ4v) is 1.24. The Morgan fingerprint density at radius 1 is 1.35 bits per heavy atom. The number of amides is 1. The van der Waals surface area contributed by atoms with Crippen LogP contribution in [0.15, 0.2) is 36.7 Å². The summed E-state index contributed by atoms with van der Waals surface area (Å²) < 4.78 is 5.39. The number of aromatic amines is 1. The summed E-state index contributed by atoms with van der Waals surface area (Å²) in [5.74, 6) is 0.923. The van der Waals surface area contributed by atoms with Crippen LogP contribution in [0.4, 0.5) is 5.95 Å². The summed E-state index contributed by atoms with van der Waals surface area (Å²) in [6.45, 7) is 0.323. The number of aromatic nitrogens is 3. The molecule has 0 atom stereocenters. The number of carbonyl (C=O) groups excluding carboxylic acids is 1. The molecule has 2 N–H and O–H groups in total. The number of hydrogen-bond donors (Lipinski definition) is 2. The molecule has 0 aliphatic rings. The number of para-hydroxylation sites is 1. The first kappa shape index (κ1) is 11.1. The third-order valence-electron chi connectivity index (χ3n) is 2.01. The second-order valence-corrected chi connectivity index (χ2v) is 3.29. The Hall–Kier alpha value is -2.37. The van der Waals surface area contributed by atoms with E-state index in [-0.39, 0.29) is 12.3 Å². The minimum absolute atomic E-state index is 0.169. The first-order valence-corrected chi connectivity index (χ1v) is 5.17. The van der Waals surface area contributed by atoms with Gasteiger partial charge in [-0.2, -0.15) is 10.1 Å². The average molecular weight is 232 g/mol. The lowest BCUT2D eigenvalue weighted by molar-refractivity contribution is -0.116. The summed E-state index contributed by atoms with van der Waals surface area (Å²) in [6.07, 6.45) is 1.59. The highest BCUT2D eigenvalue weighted by Gasteiger charge is 2.04. The molecular weight excluding hydrogens is 220 g/mol. The maximum atomic E-state index is 11.4. The molecule has 1 amide bonds. The molecule has 1 aromatic carbocycles. The van der Waals surface area contributed by atoms with Crippen LogP contribution in [-0.2, 0) is 4.79 Å². The molecular formula is C11H12N4O2. The lowest BCUT2D eigenvalue weighted by atomic mass is 10.3. The van der Waals surface area contributed by atoms with Crippen molar-refractivity contribution in [3.05, 3.63) is 36.7 Å². The molecule has 6 nitrogen and oxygen atoms in total. The standard InChI is InChI=1S/C11H12N4O2/c16-10(14-11-12-8-13-15-11)6-7-17-9-4-2-1-3-5-9/h1-5,8H,6-7H2,(H2,12,13,14,15,16). The predicted molar refractivity (Wildman–Crippen MR) is 61.6 cm³/mol. The first-order valence-electron chi connectivity index (χ1n) is 5.17. The molecule has 2 rings (SSSR count). The molecule has 0 aliphatic heterocycles. The van der Waals surface area contributed by atoms with Crippen molar-refractivity contribution < 1.29 is 9.53 Å². The molecule has 0 radical (unpaired) electrons. The lowest BCUT2D eigenvalue weighted by Gasteiger charge is -2.05. The minimum Gasteiger partial charge on any atom is -0.493 e. The van der Waals surface area contributed by atoms with Crippen LogP contribution >= 0.6 is 0 Å². The van der Waals surface area contributed by atoms with E-state index in [0.717, 1.165) is 5.75 Å². The third-order valence-corrected chi connectivity index (χ3v) is 2.01. The second kappa shape index (κ2) is 5.64. The van der Waals surface area contributed by atoms with Crippen LogP contribution in [0.3, 0.4) is 0 Å². The van der Waals surface area contributed by atoms with Gasteiger partial charge in [-0.05, 0) is 12.1 Å². The number of nitrogens with one attached hydrogen (secondary N) is 2. The van der Waals surface area contributed by atoms with Crippen molar-refractivity contribution in [2.45, 2.75) is 6.42 Å². The fraction of sp³-hybridized carbons (Fsp3) is 0.182. The van der Waals surface area contributed by atoms with Crippen LogP contribution in [0.2, 0.25) is 0 Å². The predicted octanol–water partition coefficient (Wildman–Crippen LogP) is 1.21. The molecule has 0 aliphatic carbocycles. The van der Waals surface area contributed by atoms with Crippen molar-refractivity contribution in [2.24, 2.45) is 0 Å². The summed E-state index contributed by atoms with van der Waals surface area (Å²) in [5.41, 5.74) is 0. The molecule has 0 bridgehead atoms. The molecule has 88 valence electrons. The zero-order chi connectivity index (χ0) is 11.9. The average Bonchev–Trinajstić information content (AvgIpc) is 2.83. The molecule has 2 aromatic rings. The van der Waals surface area contributed by atoms with Gasteiger partial charge in [-0.15, -0.1) is 0 Å². The van der Waals surface area contributed by atoms with Crippen molar-refractivity contribution in [1.29, 1.82) is 0 Å². The summed E-state index contributed by atoms with van der Waals surface area (Å²) in [7, 11) is 0. The van der Waals surface area contributed by atoms with Crippen molar-refractivity contribution in [3.63, 3.8) is 0 Å². The molecule has 0 saturated heterocycles. The van der Waals surface area contributed by atoms with Crippen molar-refractivity contribution >= 4 is 11.9 Å². The van der Waals surface area contributed by atoms with Crippen molar-refractivity contribution in [3.8, 4) is 5.75 Å². The molecule has 1 heterocycles. The summed E-state index contributed by atoms with van der Waals surface area (Å²) in [4.78, 5) is 15.2. The van der Waals surface area contributed by atoms with Gasteiger partial charge >= 0.3 is 0 Å². The molecule has 0 spiro atoms. The van der Waals surface area contributed by atoms with E-state index < -0.39 is 0 Å². The Bertz CT molecular complexity index is 456. The lowest BCUT2D eigenvalue weighted by Crippen LogP contribution is -2.16. The van der Waals surface area contributed by atoms with Gasteiger partial charge in [-0.1, -0.05) is 18.2 Å². The van der Waals surface area contributed by atoms with Gasteiger partial charge in [-0.25, -0.2) is 5.10 Å². The number of hydrogen-bond acceptors (Lipinski definition) is 4. The van der Waals surface area contributed by atoms with E-state index in [4.69, 9.17) is 4.74 Å². The summed E-state index contributed by atoms with van der Waals surface area (Å²) in [5, 5.41) is 8.72. The molecule has 17 heavy (non-hydrogen) atoms. The Morgan fingerprint density at radius 2 is 2.18 bits per heavy atom. The van der Waals surface area contributed by atoms with Crippen LogP contribution in [0, 0.1) is 0 Å². The second-order valence-electron chi connectivity index (χ2n) is 3.29. The number of benzene rings is 1. The van der Waals surface area contributed by atoms with Gasteiger partial charge in [0.1, 0.15) is 12.1 Å². The van der Waals surface area contributed by atoms with Gasteiger partial charge < -0.3 is 4.74 Å². The summed E-state index contributed by atoms with van der Waals surface area (Å²) in [6, 6.07) is 9.35. The van der Waals surface area contributed by atoms with Crippen LogP contribution in [0.5, 0.6) is 5.75 Å². The smallest absolute Gasteiger partial charge is 0.230 e. The van der Waals surface area contributed by atoms with Gasteiger partial charge in [0.15, 0.2) is 0 Å². The molecule has 1 aromatic heterocycles. The van der Waals surface area contributed by atoms with E-state index in [2.05, 4.69) is 20.5 Å². The molecule has 0 saturated carbocycles. The van der Waals surface area contributed by atoms with E-state index in [9.17, 15) is 4.79 Å². The Labute approximate surface area is 98.0 Å². The number of H-pyrrole nitrogens is 1. The fourth-order valence-electron chi connectivity index (χ4n) is 1.24. The van der Waals surface area contributed by atoms with Gasteiger partial charge in [0.05, 0.1) is 13.0 Å². The zero-order valence-electron chi connectivity index (χ0n) is 9.09. The molecule has 6 heteroatoms. The van der Waals surface area contributed by atoms with Crippen LogP contribution in [0.25, 0.3) is 0 Å². The minimum atomic E-state index is -0.169. The topological polar surface area (TPSA) is 79.9 Å². The Balaban J connectivity index is 1.70. The molecule has 0 fully saturated rings. The highest BCUT2D eigenvalue weighted by Crippen LogP contribution is 2.08. The highest BCUT2D eigenvalue weighted by molar-refractivity contribution is 5.88. The first-order chi connectivity index (χ1) is 8.34. The maximum absolute atomic E-state index is 11.4. The van der Waals surface area contributed by atoms with Crippen LogP contribution < -0.4 is 10.1 Å². The van der Waals surface area contributed by atoms with Gasteiger partial charge in [-0.3, -0.25) is 10.1 Å². The number of ether oxygens (including phenoxy) is 1. The number of anilines is 1. The van der Waals surface area contributed by atoms with Gasteiger partial charge in [0.25, 0.3) is 0 Å². The van der Waals surface area contributed by atoms with E-state index in [1.807, 2.05) is 30.3 Å². The normalized spacial score (nSPS) is 9.88. The number of rotatable bonds is 5. The van der Waals surface area contributed by atoms with E-state index in [1.165, 1.54) is 6.33 Å². The molecule has 0 unspecified atom stereocenters. The van der Waals surface area contributed by atoms with Gasteiger partial charge in [0, 0.05) is 0 Å². The van der Waals surface area contributed by atoms with E-state index in [0.29, 0.717) is 12.6 Å². The van der Waals surface area contributed by atoms with Gasteiger partial charge in [0.2, 0.25) is 11.9 Å². The van der Waals surface area contributed by atoms with Crippen molar-refractivity contribution in [2.75, 3.05) is 11.9 Å². The monoisotopic (exact) mass is 232 g/mol. The maximum Gasteiger partial charge on any atom is 0.230 e. The quantitative estimate of drug-likeness (QED) is 0.812. The van der Waals surface area contributed by atoms with Crippen LogP contribution in [0.1, 0.15) is 6.42 Å². The number of carbonyl (C=O) groups is 1. The van der Waals surface area contributed by atoms with E-state index >= 15 is 0 Å². The van der Waals surface area contributed by atoms with Crippen molar-refractivity contribution in [1.82, 2.24) is 15.2 Å². The highest BCUT2D eigenvalue weighted by atomic mass is 16.5. The third kappa shape index (κ3) is 3.60. The van der Waals surface area contributed by atoms with Crippen LogP contribution in [-0.4, -0.2) is 27.7 Å². The Kier molecular flexibility index (Phi) is 3.69. The number of nitrogens with zero attached hydrogens (tertiary/aromatic N) is 2. The SMILES string of the molecule is O=C(CCOc1ccccc1)Nc1ncn[nH]1. The largest absolute Gasteiger partial charge is 0.493 e. The summed E-state index contributed by atoms with van der Waals surface area (Å²) >= 11 is 0. The Morgan fingerprint density at radius 3 is 2.88 bits per heavy atom.